The molecule has 1 saturated heterocycles. The number of hydrogen-bond donors (Lipinski definition) is 1. The fraction of sp³-hybridized carbons (Fsp3) is 0.0952. The van der Waals surface area contributed by atoms with Gasteiger partial charge < -0.3 is 10.0 Å². The molecular weight excluding hydrogens is 406 g/mol. The number of rotatable bonds is 5. The average Bonchev–Trinajstić information content (AvgIpc) is 3.36. The van der Waals surface area contributed by atoms with Gasteiger partial charge in [-0.3, -0.25) is 24.7 Å². The Kier molecular flexibility index (Phi) is 5.11. The van der Waals surface area contributed by atoms with Crippen LogP contribution in [-0.2, 0) is 16.1 Å². The van der Waals surface area contributed by atoms with E-state index in [0.29, 0.717) is 5.56 Å². The van der Waals surface area contributed by atoms with E-state index in [0.717, 1.165) is 4.88 Å². The number of pyridine rings is 1. The summed E-state index contributed by atoms with van der Waals surface area (Å²) in [5.41, 5.74) is 0.576. The van der Waals surface area contributed by atoms with Crippen molar-refractivity contribution in [1.29, 1.82) is 0 Å². The summed E-state index contributed by atoms with van der Waals surface area (Å²) in [6.07, 6.45) is 3.12. The number of carbonyl (C=O) groups excluding carboxylic acids is 2. The first-order chi connectivity index (χ1) is 14.5. The highest BCUT2D eigenvalue weighted by Gasteiger charge is 2.46. The molecule has 1 aliphatic rings. The summed E-state index contributed by atoms with van der Waals surface area (Å²) < 4.78 is 0. The molecule has 0 radical (unpaired) electrons. The topological polar surface area (TPSA) is 114 Å². The summed E-state index contributed by atoms with van der Waals surface area (Å²) in [6.45, 7) is 0.207. The lowest BCUT2D eigenvalue weighted by molar-refractivity contribution is -0.384. The van der Waals surface area contributed by atoms with Gasteiger partial charge in [0.15, 0.2) is 0 Å². The second-order valence-corrected chi connectivity index (χ2v) is 7.63. The average molecular weight is 421 g/mol. The van der Waals surface area contributed by atoms with Gasteiger partial charge in [0, 0.05) is 35.0 Å². The number of aliphatic hydroxyl groups is 1. The van der Waals surface area contributed by atoms with Crippen molar-refractivity contribution in [1.82, 2.24) is 9.88 Å². The van der Waals surface area contributed by atoms with Gasteiger partial charge in [0.05, 0.1) is 23.1 Å². The molecule has 1 aliphatic heterocycles. The van der Waals surface area contributed by atoms with Crippen LogP contribution in [0.25, 0.3) is 5.76 Å². The molecule has 4 rings (SSSR count). The molecule has 1 aromatic carbocycles. The first-order valence-electron chi connectivity index (χ1n) is 8.93. The van der Waals surface area contributed by atoms with Gasteiger partial charge in [0.1, 0.15) is 5.76 Å². The molecule has 1 unspecified atom stereocenters. The molecule has 30 heavy (non-hydrogen) atoms. The normalized spacial score (nSPS) is 18.0. The maximum absolute atomic E-state index is 12.9. The number of non-ortho nitro benzene ring substituents is 1. The second-order valence-electron chi connectivity index (χ2n) is 6.60. The smallest absolute Gasteiger partial charge is 0.295 e. The monoisotopic (exact) mass is 421 g/mol. The van der Waals surface area contributed by atoms with Crippen LogP contribution < -0.4 is 0 Å². The molecule has 0 bridgehead atoms. The van der Waals surface area contributed by atoms with Crippen LogP contribution in [0.3, 0.4) is 0 Å². The van der Waals surface area contributed by atoms with Crippen molar-refractivity contribution >= 4 is 34.5 Å². The number of nitro benzene ring substituents is 1. The number of ketones is 1. The molecule has 1 N–H and O–H groups in total. The van der Waals surface area contributed by atoms with Crippen molar-refractivity contribution in [3.05, 3.63) is 98.0 Å². The molecular formula is C21H15N3O5S. The van der Waals surface area contributed by atoms with Crippen molar-refractivity contribution in [3.63, 3.8) is 0 Å². The Morgan fingerprint density at radius 3 is 2.53 bits per heavy atom. The van der Waals surface area contributed by atoms with Gasteiger partial charge >= 0.3 is 0 Å². The van der Waals surface area contributed by atoms with Crippen LogP contribution in [0.4, 0.5) is 5.69 Å². The predicted molar refractivity (Wildman–Crippen MR) is 109 cm³/mol. The van der Waals surface area contributed by atoms with Gasteiger partial charge in [-0.05, 0) is 35.2 Å². The zero-order valence-electron chi connectivity index (χ0n) is 15.5. The van der Waals surface area contributed by atoms with E-state index in [1.54, 1.807) is 24.5 Å². The molecule has 0 spiro atoms. The highest BCUT2D eigenvalue weighted by atomic mass is 32.1. The molecule has 150 valence electrons. The van der Waals surface area contributed by atoms with Crippen molar-refractivity contribution in [2.24, 2.45) is 0 Å². The number of nitrogens with zero attached hydrogens (tertiary/aromatic N) is 3. The Balaban J connectivity index is 1.83. The Morgan fingerprint density at radius 1 is 1.17 bits per heavy atom. The number of nitro groups is 1. The molecule has 0 saturated carbocycles. The van der Waals surface area contributed by atoms with E-state index in [2.05, 4.69) is 4.98 Å². The van der Waals surface area contributed by atoms with E-state index >= 15 is 0 Å². The Morgan fingerprint density at radius 2 is 1.93 bits per heavy atom. The first kappa shape index (κ1) is 19.5. The standard InChI is InChI=1S/C21H15N3O5S/c25-19(13-5-7-15(8-6-13)24(28)29)17-18(14-3-1-9-22-11-14)23(21(27)20(17)26)12-16-4-2-10-30-16/h1-11,18,25H,12H2/b19-17-. The SMILES string of the molecule is O=C1C(=O)N(Cc2cccs2)C(c2cccnc2)/C1=C(/O)c1ccc([N+](=O)[O-])cc1. The summed E-state index contributed by atoms with van der Waals surface area (Å²) in [5, 5.41) is 23.7. The van der Waals surface area contributed by atoms with Gasteiger partial charge in [-0.1, -0.05) is 12.1 Å². The molecule has 1 fully saturated rings. The number of hydrogen-bond acceptors (Lipinski definition) is 7. The highest BCUT2D eigenvalue weighted by Crippen LogP contribution is 2.40. The van der Waals surface area contributed by atoms with Crippen molar-refractivity contribution < 1.29 is 19.6 Å². The van der Waals surface area contributed by atoms with Gasteiger partial charge in [-0.15, -0.1) is 11.3 Å². The quantitative estimate of drug-likeness (QED) is 0.221. The van der Waals surface area contributed by atoms with Crippen molar-refractivity contribution in [2.75, 3.05) is 0 Å². The summed E-state index contributed by atoms with van der Waals surface area (Å²) in [4.78, 5) is 42.4. The number of carbonyl (C=O) groups is 2. The molecule has 1 atom stereocenters. The fourth-order valence-corrected chi connectivity index (χ4v) is 4.10. The van der Waals surface area contributed by atoms with Gasteiger partial charge in [-0.2, -0.15) is 0 Å². The molecule has 3 heterocycles. The maximum Gasteiger partial charge on any atom is 0.295 e. The highest BCUT2D eigenvalue weighted by molar-refractivity contribution is 7.09. The number of thiophene rings is 1. The Labute approximate surface area is 174 Å². The third-order valence-electron chi connectivity index (χ3n) is 4.80. The molecule has 3 aromatic rings. The molecule has 1 amide bonds. The second kappa shape index (κ2) is 7.88. The van der Waals surface area contributed by atoms with E-state index < -0.39 is 22.7 Å². The minimum absolute atomic E-state index is 0.0709. The Bertz CT molecular complexity index is 1140. The van der Waals surface area contributed by atoms with Crippen LogP contribution >= 0.6 is 11.3 Å². The van der Waals surface area contributed by atoms with E-state index in [1.165, 1.54) is 40.5 Å². The molecule has 9 heteroatoms. The third kappa shape index (κ3) is 3.46. The van der Waals surface area contributed by atoms with E-state index in [9.17, 15) is 24.8 Å². The summed E-state index contributed by atoms with van der Waals surface area (Å²) in [7, 11) is 0. The van der Waals surface area contributed by atoms with Gasteiger partial charge in [0.25, 0.3) is 17.4 Å². The van der Waals surface area contributed by atoms with E-state index in [1.807, 2.05) is 17.5 Å². The fourth-order valence-electron chi connectivity index (χ4n) is 3.39. The van der Waals surface area contributed by atoms with Crippen LogP contribution in [0.1, 0.15) is 22.0 Å². The maximum atomic E-state index is 12.9. The lowest BCUT2D eigenvalue weighted by Gasteiger charge is -2.24. The van der Waals surface area contributed by atoms with E-state index in [4.69, 9.17) is 0 Å². The molecule has 0 aliphatic carbocycles. The summed E-state index contributed by atoms with van der Waals surface area (Å²) >= 11 is 1.46. The van der Waals surface area contributed by atoms with Gasteiger partial charge in [-0.25, -0.2) is 0 Å². The summed E-state index contributed by atoms with van der Waals surface area (Å²) in [5.74, 6) is -1.91. The largest absolute Gasteiger partial charge is 0.507 e. The van der Waals surface area contributed by atoms with E-state index in [-0.39, 0.29) is 29.1 Å². The minimum Gasteiger partial charge on any atom is -0.507 e. The Hall–Kier alpha value is -3.85. The lowest BCUT2D eigenvalue weighted by Crippen LogP contribution is -2.28. The number of likely N-dealkylation sites (tertiary alicyclic amines) is 1. The zero-order chi connectivity index (χ0) is 21.3. The van der Waals surface area contributed by atoms with Crippen LogP contribution in [0.5, 0.6) is 0 Å². The van der Waals surface area contributed by atoms with Crippen molar-refractivity contribution in [2.45, 2.75) is 12.6 Å². The predicted octanol–water partition coefficient (Wildman–Crippen LogP) is 3.67. The van der Waals surface area contributed by atoms with Crippen LogP contribution in [0.2, 0.25) is 0 Å². The molecule has 8 nitrogen and oxygen atoms in total. The van der Waals surface area contributed by atoms with Gasteiger partial charge in [0.2, 0.25) is 0 Å². The molecule has 2 aromatic heterocycles. The first-order valence-corrected chi connectivity index (χ1v) is 9.81. The van der Waals surface area contributed by atoms with Crippen LogP contribution in [-0.4, -0.2) is 31.6 Å². The minimum atomic E-state index is -0.823. The number of Topliss-reactive ketones (excluding diaryl/α,β-unsaturated/α-hetero) is 1. The summed E-state index contributed by atoms with van der Waals surface area (Å²) in [6, 6.07) is 11.5. The number of amides is 1. The van der Waals surface area contributed by atoms with Crippen LogP contribution in [0.15, 0.2) is 71.9 Å². The number of aliphatic hydroxyl groups excluding tert-OH is 1. The number of benzene rings is 1. The van der Waals surface area contributed by atoms with Crippen molar-refractivity contribution in [3.8, 4) is 0 Å². The third-order valence-corrected chi connectivity index (χ3v) is 5.66. The zero-order valence-corrected chi connectivity index (χ0v) is 16.3. The number of aromatic nitrogens is 1. The van der Waals surface area contributed by atoms with Crippen LogP contribution in [0, 0.1) is 10.1 Å². The lowest BCUT2D eigenvalue weighted by atomic mass is 9.96.